The molecule has 5 heteroatoms. The van der Waals surface area contributed by atoms with E-state index in [4.69, 9.17) is 10.5 Å². The number of hydrogen-bond donors (Lipinski definition) is 1. The van der Waals surface area contributed by atoms with E-state index in [9.17, 15) is 0 Å². The Balaban J connectivity index is 1.86. The molecule has 20 heavy (non-hydrogen) atoms. The first-order chi connectivity index (χ1) is 9.70. The molecule has 2 N–H and O–H groups in total. The molecule has 2 aromatic rings. The molecule has 0 aliphatic carbocycles. The highest BCUT2D eigenvalue weighted by Gasteiger charge is 2.10. The summed E-state index contributed by atoms with van der Waals surface area (Å²) in [6, 6.07) is 2.07. The van der Waals surface area contributed by atoms with E-state index in [2.05, 4.69) is 29.9 Å². The first kappa shape index (κ1) is 15.0. The van der Waals surface area contributed by atoms with Crippen molar-refractivity contribution in [1.29, 1.82) is 0 Å². The Morgan fingerprint density at radius 1 is 1.15 bits per heavy atom. The molecule has 0 amide bonds. The van der Waals surface area contributed by atoms with Crippen LogP contribution in [-0.2, 0) is 0 Å². The van der Waals surface area contributed by atoms with Crippen LogP contribution in [0, 0.1) is 6.92 Å². The van der Waals surface area contributed by atoms with Crippen LogP contribution in [0.15, 0.2) is 6.07 Å². The number of aromatic nitrogens is 2. The van der Waals surface area contributed by atoms with E-state index >= 15 is 0 Å². The van der Waals surface area contributed by atoms with Crippen LogP contribution < -0.4 is 10.5 Å². The first-order valence-electron chi connectivity index (χ1n) is 7.37. The number of aryl methyl sites for hydroxylation is 1. The summed E-state index contributed by atoms with van der Waals surface area (Å²) in [6.07, 6.45) is 7.51. The summed E-state index contributed by atoms with van der Waals surface area (Å²) >= 11 is 1.62. The molecule has 0 saturated heterocycles. The maximum atomic E-state index is 5.80. The fourth-order valence-electron chi connectivity index (χ4n) is 2.19. The highest BCUT2D eigenvalue weighted by Crippen LogP contribution is 2.30. The highest BCUT2D eigenvalue weighted by atomic mass is 32.1. The van der Waals surface area contributed by atoms with Crippen LogP contribution in [0.3, 0.4) is 0 Å². The van der Waals surface area contributed by atoms with Gasteiger partial charge in [-0.3, -0.25) is 0 Å². The van der Waals surface area contributed by atoms with E-state index in [1.807, 2.05) is 0 Å². The Morgan fingerprint density at radius 3 is 2.70 bits per heavy atom. The highest BCUT2D eigenvalue weighted by molar-refractivity contribution is 7.18. The van der Waals surface area contributed by atoms with Gasteiger partial charge in [0.2, 0.25) is 11.8 Å². The minimum absolute atomic E-state index is 0.289. The third-order valence-corrected chi connectivity index (χ3v) is 4.18. The molecular formula is C15H23N3OS. The number of nitrogen functional groups attached to an aromatic ring is 1. The molecule has 2 heterocycles. The second-order valence-electron chi connectivity index (χ2n) is 5.08. The molecule has 0 bridgehead atoms. The summed E-state index contributed by atoms with van der Waals surface area (Å²) in [4.78, 5) is 10.6. The molecule has 0 aromatic carbocycles. The topological polar surface area (TPSA) is 61.0 Å². The Kier molecular flexibility index (Phi) is 5.59. The van der Waals surface area contributed by atoms with Crippen molar-refractivity contribution >= 4 is 27.5 Å². The lowest BCUT2D eigenvalue weighted by Crippen LogP contribution is -2.02. The first-order valence-corrected chi connectivity index (χ1v) is 8.19. The summed E-state index contributed by atoms with van der Waals surface area (Å²) in [6.45, 7) is 4.99. The number of nitrogens with zero attached hydrogens (tertiary/aromatic N) is 2. The van der Waals surface area contributed by atoms with Crippen LogP contribution in [0.25, 0.3) is 10.2 Å². The van der Waals surface area contributed by atoms with Gasteiger partial charge in [0.15, 0.2) is 0 Å². The summed E-state index contributed by atoms with van der Waals surface area (Å²) < 4.78 is 5.80. The van der Waals surface area contributed by atoms with Gasteiger partial charge in [-0.15, -0.1) is 11.3 Å². The van der Waals surface area contributed by atoms with Crippen molar-refractivity contribution in [2.45, 2.75) is 52.4 Å². The lowest BCUT2D eigenvalue weighted by atomic mass is 10.1. The van der Waals surface area contributed by atoms with Crippen molar-refractivity contribution in [3.63, 3.8) is 0 Å². The molecule has 4 nitrogen and oxygen atoms in total. The molecule has 0 aliphatic rings. The Morgan fingerprint density at radius 2 is 1.90 bits per heavy atom. The zero-order valence-electron chi connectivity index (χ0n) is 12.3. The number of ether oxygens (including phenoxy) is 1. The molecule has 0 radical (unpaired) electrons. The average molecular weight is 293 g/mol. The van der Waals surface area contributed by atoms with Gasteiger partial charge in [-0.05, 0) is 19.4 Å². The maximum Gasteiger partial charge on any atom is 0.227 e. The van der Waals surface area contributed by atoms with Gasteiger partial charge in [0, 0.05) is 4.88 Å². The van der Waals surface area contributed by atoms with Crippen molar-refractivity contribution in [1.82, 2.24) is 9.97 Å². The van der Waals surface area contributed by atoms with Crippen molar-refractivity contribution < 1.29 is 4.74 Å². The predicted molar refractivity (Wildman–Crippen MR) is 85.4 cm³/mol. The Labute approximate surface area is 124 Å². The number of nitrogens with two attached hydrogens (primary N) is 1. The number of hydrogen-bond acceptors (Lipinski definition) is 5. The maximum absolute atomic E-state index is 5.80. The van der Waals surface area contributed by atoms with Crippen LogP contribution in [0.5, 0.6) is 5.88 Å². The van der Waals surface area contributed by atoms with E-state index in [0.29, 0.717) is 12.5 Å². The van der Waals surface area contributed by atoms with Gasteiger partial charge in [0.25, 0.3) is 0 Å². The molecule has 0 fully saturated rings. The largest absolute Gasteiger partial charge is 0.477 e. The van der Waals surface area contributed by atoms with E-state index in [1.165, 1.54) is 37.0 Å². The normalized spacial score (nSPS) is 11.1. The lowest BCUT2D eigenvalue weighted by Gasteiger charge is -2.06. The Hall–Kier alpha value is -1.36. The van der Waals surface area contributed by atoms with Gasteiger partial charge in [0.1, 0.15) is 4.83 Å². The standard InChI is InChI=1S/C15H23N3OS/c1-3-4-5-6-7-8-9-19-13-12-10-11(2)20-14(12)18-15(16)17-13/h10H,3-9H2,1-2H3,(H2,16,17,18). The molecule has 110 valence electrons. The van der Waals surface area contributed by atoms with Crippen LogP contribution >= 0.6 is 11.3 Å². The van der Waals surface area contributed by atoms with E-state index in [0.717, 1.165) is 16.6 Å². The minimum atomic E-state index is 0.289. The van der Waals surface area contributed by atoms with Crippen molar-refractivity contribution in [2.75, 3.05) is 12.3 Å². The second-order valence-corrected chi connectivity index (χ2v) is 6.31. The minimum Gasteiger partial charge on any atom is -0.477 e. The number of fused-ring (bicyclic) bond motifs is 1. The van der Waals surface area contributed by atoms with Gasteiger partial charge < -0.3 is 10.5 Å². The summed E-state index contributed by atoms with van der Waals surface area (Å²) in [5.41, 5.74) is 5.72. The fourth-order valence-corrected chi connectivity index (χ4v) is 3.07. The van der Waals surface area contributed by atoms with Gasteiger partial charge in [-0.2, -0.15) is 4.98 Å². The third kappa shape index (κ3) is 4.07. The van der Waals surface area contributed by atoms with Gasteiger partial charge >= 0.3 is 0 Å². The number of thiophene rings is 1. The number of anilines is 1. The molecule has 0 aliphatic heterocycles. The van der Waals surface area contributed by atoms with Crippen LogP contribution in [-0.4, -0.2) is 16.6 Å². The second kappa shape index (κ2) is 7.43. The molecule has 0 atom stereocenters. The van der Waals surface area contributed by atoms with Crippen LogP contribution in [0.1, 0.15) is 50.3 Å². The zero-order valence-corrected chi connectivity index (χ0v) is 13.1. The summed E-state index contributed by atoms with van der Waals surface area (Å²) in [5.74, 6) is 0.919. The molecule has 2 rings (SSSR count). The van der Waals surface area contributed by atoms with Crippen LogP contribution in [0.2, 0.25) is 0 Å². The third-order valence-electron chi connectivity index (χ3n) is 3.23. The number of rotatable bonds is 8. The smallest absolute Gasteiger partial charge is 0.227 e. The fraction of sp³-hybridized carbons (Fsp3) is 0.600. The molecule has 0 unspecified atom stereocenters. The monoisotopic (exact) mass is 293 g/mol. The lowest BCUT2D eigenvalue weighted by molar-refractivity contribution is 0.297. The van der Waals surface area contributed by atoms with Crippen molar-refractivity contribution in [2.24, 2.45) is 0 Å². The molecule has 0 spiro atoms. The quantitative estimate of drug-likeness (QED) is 0.736. The van der Waals surface area contributed by atoms with Crippen molar-refractivity contribution in [3.8, 4) is 5.88 Å². The van der Waals surface area contributed by atoms with E-state index in [1.54, 1.807) is 11.3 Å². The zero-order chi connectivity index (χ0) is 14.4. The van der Waals surface area contributed by atoms with Gasteiger partial charge in [-0.1, -0.05) is 39.0 Å². The number of unbranched alkanes of at least 4 members (excludes halogenated alkanes) is 5. The molecule has 0 saturated carbocycles. The molecular weight excluding hydrogens is 270 g/mol. The Bertz CT molecular complexity index is 553. The summed E-state index contributed by atoms with van der Waals surface area (Å²) in [5, 5.41) is 0.979. The summed E-state index contributed by atoms with van der Waals surface area (Å²) in [7, 11) is 0. The SMILES string of the molecule is CCCCCCCCOc1nc(N)nc2sc(C)cc12. The van der Waals surface area contributed by atoms with Crippen molar-refractivity contribution in [3.05, 3.63) is 10.9 Å². The van der Waals surface area contributed by atoms with E-state index < -0.39 is 0 Å². The van der Waals surface area contributed by atoms with Crippen LogP contribution in [0.4, 0.5) is 5.95 Å². The van der Waals surface area contributed by atoms with Gasteiger partial charge in [0.05, 0.1) is 12.0 Å². The predicted octanol–water partition coefficient (Wildman–Crippen LogP) is 4.32. The van der Waals surface area contributed by atoms with E-state index in [-0.39, 0.29) is 5.95 Å². The molecule has 2 aromatic heterocycles. The van der Waals surface area contributed by atoms with Gasteiger partial charge in [-0.25, -0.2) is 4.98 Å². The average Bonchev–Trinajstić information content (AvgIpc) is 2.77.